The van der Waals surface area contributed by atoms with Crippen molar-refractivity contribution in [3.8, 4) is 0 Å². The summed E-state index contributed by atoms with van der Waals surface area (Å²) in [6.07, 6.45) is -0.629. The highest BCUT2D eigenvalue weighted by atomic mass is 79.9. The third-order valence-electron chi connectivity index (χ3n) is 8.76. The van der Waals surface area contributed by atoms with E-state index in [1.165, 1.54) is 14.7 Å². The molecule has 4 heterocycles. The Morgan fingerprint density at radius 2 is 1.20 bits per heavy atom. The summed E-state index contributed by atoms with van der Waals surface area (Å²) in [7, 11) is 3.46. The largest absolute Gasteiger partial charge is 0.443 e. The second kappa shape index (κ2) is 16.3. The van der Waals surface area contributed by atoms with Gasteiger partial charge in [0.05, 0.1) is 22.3 Å². The fourth-order valence-corrected chi connectivity index (χ4v) is 6.51. The van der Waals surface area contributed by atoms with Gasteiger partial charge in [0, 0.05) is 32.6 Å². The van der Waals surface area contributed by atoms with E-state index in [2.05, 4.69) is 22.0 Å². The van der Waals surface area contributed by atoms with Crippen LogP contribution in [0.15, 0.2) is 41.2 Å². The number of rotatable bonds is 1. The lowest BCUT2D eigenvalue weighted by molar-refractivity contribution is -0.150. The number of aryl methyl sites for hydroxylation is 3. The van der Waals surface area contributed by atoms with Crippen LogP contribution in [0.4, 0.5) is 15.3 Å². The zero-order chi connectivity index (χ0) is 41.3. The second-order valence-corrected chi connectivity index (χ2v) is 16.7. The summed E-state index contributed by atoms with van der Waals surface area (Å²) < 4.78 is 13.0. The Morgan fingerprint density at radius 1 is 0.691 bits per heavy atom. The first-order valence-electron chi connectivity index (χ1n) is 17.8. The summed E-state index contributed by atoms with van der Waals surface area (Å²) in [6, 6.07) is 10.7. The van der Waals surface area contributed by atoms with E-state index in [-0.39, 0.29) is 30.9 Å². The molecule has 3 aliphatic rings. The molecular weight excluding hydrogens is 778 g/mol. The Hall–Kier alpha value is -5.12. The van der Waals surface area contributed by atoms with Crippen molar-refractivity contribution in [2.75, 3.05) is 11.9 Å². The highest BCUT2D eigenvalue weighted by Crippen LogP contribution is 2.29. The van der Waals surface area contributed by atoms with E-state index in [9.17, 15) is 38.4 Å². The number of likely N-dealkylation sites (tertiary alicyclic amines) is 2. The number of hydrogen-bond donors (Lipinski definition) is 0. The molecule has 15 nitrogen and oxygen atoms in total. The van der Waals surface area contributed by atoms with Gasteiger partial charge in [-0.05, 0) is 103 Å². The monoisotopic (exact) mass is 825 g/mol. The van der Waals surface area contributed by atoms with E-state index in [1.54, 1.807) is 59.6 Å². The van der Waals surface area contributed by atoms with E-state index >= 15 is 0 Å². The zero-order valence-electron chi connectivity index (χ0n) is 32.9. The van der Waals surface area contributed by atoms with Gasteiger partial charge in [0.1, 0.15) is 17.2 Å². The number of amides is 7. The first-order valence-corrected chi connectivity index (χ1v) is 18.7. The normalized spacial score (nSPS) is 18.7. The Labute approximate surface area is 327 Å². The third-order valence-corrected chi connectivity index (χ3v) is 9.61. The maximum absolute atomic E-state index is 13.0. The summed E-state index contributed by atoms with van der Waals surface area (Å²) in [6.45, 7) is 13.9. The van der Waals surface area contributed by atoms with E-state index in [0.29, 0.717) is 33.7 Å². The Balaban J connectivity index is 0.000000203. The second-order valence-electron chi connectivity index (χ2n) is 15.6. The Morgan fingerprint density at radius 3 is 1.76 bits per heavy atom. The summed E-state index contributed by atoms with van der Waals surface area (Å²) >= 11 is 3.12. The zero-order valence-corrected chi connectivity index (χ0v) is 34.4. The standard InChI is InChI=1S/C19H23N3O5.C10H14BrNO4.C10H11NO/c1-11-6-7-12-14(10-11)20(5)17(25)21(12)13-8-9-15(23)22(16(13)24)18(26)27-19(2,3)4;1-10(2,3)16-9(15)12-7(13)5-4-6(11)8(12)14;1-7-3-4-8-6-10(12)11(2)9(8)5-7/h6-7,10,13H,8-9H2,1-5H3;6H,4-5H2,1-3H3;3-5H,6H2,1-2H3. The van der Waals surface area contributed by atoms with Crippen LogP contribution < -0.4 is 10.6 Å². The number of benzene rings is 2. The van der Waals surface area contributed by atoms with Crippen LogP contribution in [-0.2, 0) is 46.9 Å². The average molecular weight is 827 g/mol. The average Bonchev–Trinajstić information content (AvgIpc) is 3.48. The molecule has 0 bridgehead atoms. The SMILES string of the molecule is CC(C)(C)OC(=O)N1C(=O)CCC(Br)C1=O.Cc1ccc2c(c1)N(C)C(=O)C2.Cc1ccc2c(c1)n(C)c(=O)n2C1CCC(=O)N(C(=O)OC(C)(C)C)C1=O. The van der Waals surface area contributed by atoms with E-state index in [1.807, 2.05) is 45.2 Å². The number of carbonyl (C=O) groups is 7. The van der Waals surface area contributed by atoms with Gasteiger partial charge in [0.25, 0.3) is 11.8 Å². The van der Waals surface area contributed by atoms with Crippen LogP contribution in [0.1, 0.15) is 90.0 Å². The van der Waals surface area contributed by atoms with E-state index < -0.39 is 57.9 Å². The molecule has 3 aliphatic heterocycles. The molecule has 7 amide bonds. The minimum Gasteiger partial charge on any atom is -0.443 e. The van der Waals surface area contributed by atoms with Crippen LogP contribution in [0.3, 0.4) is 0 Å². The molecular formula is C39H48BrN5O10. The number of ether oxygens (including phenoxy) is 2. The molecule has 2 atom stereocenters. The van der Waals surface area contributed by atoms with Crippen molar-refractivity contribution >= 4 is 74.4 Å². The van der Waals surface area contributed by atoms with Crippen molar-refractivity contribution in [3.05, 3.63) is 63.6 Å². The molecule has 2 unspecified atom stereocenters. The molecule has 55 heavy (non-hydrogen) atoms. The lowest BCUT2D eigenvalue weighted by Crippen LogP contribution is -2.51. The molecule has 0 radical (unpaired) electrons. The van der Waals surface area contributed by atoms with Gasteiger partial charge in [-0.1, -0.05) is 34.1 Å². The van der Waals surface area contributed by atoms with E-state index in [4.69, 9.17) is 9.47 Å². The number of halogens is 1. The van der Waals surface area contributed by atoms with Crippen LogP contribution in [0.25, 0.3) is 11.0 Å². The molecule has 0 spiro atoms. The third kappa shape index (κ3) is 9.77. The van der Waals surface area contributed by atoms with Crippen molar-refractivity contribution in [2.45, 2.75) is 110 Å². The first-order chi connectivity index (χ1) is 25.4. The lowest BCUT2D eigenvalue weighted by Gasteiger charge is -2.31. The molecule has 6 rings (SSSR count). The maximum Gasteiger partial charge on any atom is 0.424 e. The highest BCUT2D eigenvalue weighted by Gasteiger charge is 2.43. The summed E-state index contributed by atoms with van der Waals surface area (Å²) in [4.78, 5) is 98.7. The minimum atomic E-state index is -1.01. The molecule has 2 aromatic carbocycles. The predicted molar refractivity (Wildman–Crippen MR) is 207 cm³/mol. The van der Waals surface area contributed by atoms with Crippen molar-refractivity contribution in [1.82, 2.24) is 18.9 Å². The van der Waals surface area contributed by atoms with Crippen molar-refractivity contribution in [2.24, 2.45) is 7.05 Å². The van der Waals surface area contributed by atoms with Crippen LogP contribution in [0.5, 0.6) is 0 Å². The van der Waals surface area contributed by atoms with Crippen molar-refractivity contribution in [3.63, 3.8) is 0 Å². The van der Waals surface area contributed by atoms with Crippen molar-refractivity contribution < 1.29 is 43.0 Å². The number of alkyl halides is 1. The van der Waals surface area contributed by atoms with E-state index in [0.717, 1.165) is 16.8 Å². The summed E-state index contributed by atoms with van der Waals surface area (Å²) in [5.74, 6) is -2.22. The molecule has 16 heteroatoms. The molecule has 0 saturated carbocycles. The lowest BCUT2D eigenvalue weighted by atomic mass is 10.0. The van der Waals surface area contributed by atoms with Gasteiger partial charge in [0.2, 0.25) is 17.7 Å². The molecule has 0 N–H and O–H groups in total. The van der Waals surface area contributed by atoms with Crippen LogP contribution in [0, 0.1) is 13.8 Å². The first kappa shape index (κ1) is 42.6. The number of hydrogen-bond acceptors (Lipinski definition) is 10. The number of likely N-dealkylation sites (N-methyl/N-ethyl adjacent to an activating group) is 1. The van der Waals surface area contributed by atoms with Gasteiger partial charge in [-0.25, -0.2) is 14.4 Å². The number of fused-ring (bicyclic) bond motifs is 2. The number of piperidine rings is 2. The smallest absolute Gasteiger partial charge is 0.424 e. The number of imidazole rings is 1. The number of nitrogens with zero attached hydrogens (tertiary/aromatic N) is 5. The molecule has 2 fully saturated rings. The van der Waals surface area contributed by atoms with Gasteiger partial charge in [0.15, 0.2) is 0 Å². The topological polar surface area (TPSA) is 175 Å². The Kier molecular flexibility index (Phi) is 12.6. The molecule has 296 valence electrons. The van der Waals surface area contributed by atoms with Crippen LogP contribution in [0.2, 0.25) is 0 Å². The summed E-state index contributed by atoms with van der Waals surface area (Å²) in [5.41, 5.74) is 3.74. The van der Waals surface area contributed by atoms with Gasteiger partial charge in [-0.3, -0.25) is 33.1 Å². The highest BCUT2D eigenvalue weighted by molar-refractivity contribution is 9.10. The van der Waals surface area contributed by atoms with Gasteiger partial charge >= 0.3 is 17.9 Å². The fourth-order valence-electron chi connectivity index (χ4n) is 6.08. The fraction of sp³-hybridized carbons (Fsp3) is 0.487. The molecule has 2 saturated heterocycles. The van der Waals surface area contributed by atoms with Gasteiger partial charge in [-0.2, -0.15) is 9.80 Å². The molecule has 0 aliphatic carbocycles. The summed E-state index contributed by atoms with van der Waals surface area (Å²) in [5, 5.41) is 0. The van der Waals surface area contributed by atoms with Gasteiger partial charge < -0.3 is 14.4 Å². The number of anilines is 1. The van der Waals surface area contributed by atoms with Gasteiger partial charge in [-0.15, -0.1) is 0 Å². The minimum absolute atomic E-state index is 0.0235. The number of imide groups is 6. The molecule has 1 aromatic heterocycles. The number of carbonyl (C=O) groups excluding carboxylic acids is 7. The quantitative estimate of drug-likeness (QED) is 0.221. The maximum atomic E-state index is 13.0. The molecule has 3 aromatic rings. The van der Waals surface area contributed by atoms with Crippen molar-refractivity contribution in [1.29, 1.82) is 0 Å². The van der Waals surface area contributed by atoms with Crippen LogP contribution in [-0.4, -0.2) is 83.7 Å². The Bertz CT molecular complexity index is 2120. The number of aromatic nitrogens is 2. The predicted octanol–water partition coefficient (Wildman–Crippen LogP) is 5.62. The van der Waals surface area contributed by atoms with Crippen LogP contribution >= 0.6 is 15.9 Å².